The van der Waals surface area contributed by atoms with Crippen molar-refractivity contribution in [3.8, 4) is 0 Å². The molecule has 1 aromatic heterocycles. The number of piperidine rings is 1. The molecule has 1 amide bonds. The van der Waals surface area contributed by atoms with Gasteiger partial charge in [0.2, 0.25) is 5.91 Å². The molecule has 0 saturated carbocycles. The molecule has 2 rings (SSSR count). The van der Waals surface area contributed by atoms with Crippen LogP contribution in [0.4, 0.5) is 0 Å². The topological polar surface area (TPSA) is 104 Å². The smallest absolute Gasteiger partial charge is 0.325 e. The van der Waals surface area contributed by atoms with Crippen LogP contribution in [0.3, 0.4) is 0 Å². The van der Waals surface area contributed by atoms with Crippen molar-refractivity contribution in [1.82, 2.24) is 9.62 Å². The van der Waals surface area contributed by atoms with Gasteiger partial charge in [-0.2, -0.15) is 4.31 Å². The van der Waals surface area contributed by atoms with Gasteiger partial charge in [0.25, 0.3) is 10.0 Å². The standard InChI is InChI=1S/C14H20N2O5S2/c1-10(14(18)19)15-12(17)9-11-5-6-13(22-11)23(20,21)16-7-3-2-4-8-16/h5-6,10H,2-4,7-9H2,1H3,(H,15,17)(H,18,19)/t10-/m0/s1. The molecule has 7 nitrogen and oxygen atoms in total. The van der Waals surface area contributed by atoms with E-state index in [-0.39, 0.29) is 10.6 Å². The molecule has 0 unspecified atom stereocenters. The number of carbonyl (C=O) groups is 2. The molecule has 1 aliphatic heterocycles. The Labute approximate surface area is 139 Å². The summed E-state index contributed by atoms with van der Waals surface area (Å²) in [5.74, 6) is -1.55. The van der Waals surface area contributed by atoms with Crippen molar-refractivity contribution in [3.63, 3.8) is 0 Å². The lowest BCUT2D eigenvalue weighted by atomic mass is 10.2. The molecule has 1 atom stereocenters. The minimum atomic E-state index is -3.49. The van der Waals surface area contributed by atoms with Gasteiger partial charge >= 0.3 is 5.97 Å². The van der Waals surface area contributed by atoms with Gasteiger partial charge in [0.15, 0.2) is 0 Å². The Morgan fingerprint density at radius 3 is 2.57 bits per heavy atom. The molecule has 0 bridgehead atoms. The summed E-state index contributed by atoms with van der Waals surface area (Å²) in [5, 5.41) is 11.1. The molecule has 0 spiro atoms. The molecule has 128 valence electrons. The van der Waals surface area contributed by atoms with E-state index < -0.39 is 27.9 Å². The van der Waals surface area contributed by atoms with Crippen molar-refractivity contribution < 1.29 is 23.1 Å². The number of carboxylic acid groups (broad SMARTS) is 1. The van der Waals surface area contributed by atoms with Gasteiger partial charge in [0, 0.05) is 18.0 Å². The summed E-state index contributed by atoms with van der Waals surface area (Å²) >= 11 is 1.06. The summed E-state index contributed by atoms with van der Waals surface area (Å²) in [6, 6.07) is 2.14. The first kappa shape index (κ1) is 17.9. The minimum absolute atomic E-state index is 0.0300. The van der Waals surface area contributed by atoms with Crippen LogP contribution in [-0.2, 0) is 26.0 Å². The van der Waals surface area contributed by atoms with Crippen LogP contribution in [-0.4, -0.2) is 48.8 Å². The zero-order chi connectivity index (χ0) is 17.0. The van der Waals surface area contributed by atoms with Crippen LogP contribution in [0, 0.1) is 0 Å². The van der Waals surface area contributed by atoms with Gasteiger partial charge in [-0.05, 0) is 31.9 Å². The Bertz CT molecular complexity index is 677. The molecule has 2 N–H and O–H groups in total. The summed E-state index contributed by atoms with van der Waals surface area (Å²) in [7, 11) is -3.49. The lowest BCUT2D eigenvalue weighted by Gasteiger charge is -2.25. The number of carbonyl (C=O) groups excluding carboxylic acids is 1. The second-order valence-corrected chi connectivity index (χ2v) is 8.82. The number of sulfonamides is 1. The van der Waals surface area contributed by atoms with Gasteiger partial charge in [-0.3, -0.25) is 9.59 Å². The number of aliphatic carboxylic acids is 1. The molecule has 1 saturated heterocycles. The van der Waals surface area contributed by atoms with Gasteiger partial charge in [-0.15, -0.1) is 11.3 Å². The van der Waals surface area contributed by atoms with Gasteiger partial charge in [0.1, 0.15) is 10.3 Å². The summed E-state index contributed by atoms with van der Waals surface area (Å²) < 4.78 is 26.7. The number of nitrogens with one attached hydrogen (secondary N) is 1. The molecular formula is C14H20N2O5S2. The van der Waals surface area contributed by atoms with E-state index >= 15 is 0 Å². The van der Waals surface area contributed by atoms with Gasteiger partial charge in [-0.1, -0.05) is 6.42 Å². The highest BCUT2D eigenvalue weighted by molar-refractivity contribution is 7.91. The number of hydrogen-bond donors (Lipinski definition) is 2. The molecule has 0 aromatic carbocycles. The fraction of sp³-hybridized carbons (Fsp3) is 0.571. The first-order valence-electron chi connectivity index (χ1n) is 7.42. The highest BCUT2D eigenvalue weighted by Crippen LogP contribution is 2.27. The van der Waals surface area contributed by atoms with Crippen LogP contribution in [0.2, 0.25) is 0 Å². The first-order chi connectivity index (χ1) is 10.8. The first-order valence-corrected chi connectivity index (χ1v) is 9.67. The quantitative estimate of drug-likeness (QED) is 0.789. The molecule has 9 heteroatoms. The molecule has 1 fully saturated rings. The van der Waals surface area contributed by atoms with Gasteiger partial charge in [-0.25, -0.2) is 8.42 Å². The average Bonchev–Trinajstić information content (AvgIpc) is 2.97. The number of hydrogen-bond acceptors (Lipinski definition) is 5. The zero-order valence-corrected chi connectivity index (χ0v) is 14.5. The van der Waals surface area contributed by atoms with E-state index in [9.17, 15) is 18.0 Å². The zero-order valence-electron chi connectivity index (χ0n) is 12.8. The molecule has 2 heterocycles. The SMILES string of the molecule is C[C@H](NC(=O)Cc1ccc(S(=O)(=O)N2CCCCC2)s1)C(=O)O. The lowest BCUT2D eigenvalue weighted by Crippen LogP contribution is -2.39. The lowest BCUT2D eigenvalue weighted by molar-refractivity contribution is -0.141. The van der Waals surface area contributed by atoms with Crippen LogP contribution in [0.1, 0.15) is 31.1 Å². The van der Waals surface area contributed by atoms with Gasteiger partial charge < -0.3 is 10.4 Å². The monoisotopic (exact) mass is 360 g/mol. The van der Waals surface area contributed by atoms with E-state index in [4.69, 9.17) is 5.11 Å². The molecule has 1 aromatic rings. The maximum Gasteiger partial charge on any atom is 0.325 e. The fourth-order valence-electron chi connectivity index (χ4n) is 2.34. The van der Waals surface area contributed by atoms with Crippen LogP contribution >= 0.6 is 11.3 Å². The van der Waals surface area contributed by atoms with Crippen molar-refractivity contribution in [1.29, 1.82) is 0 Å². The van der Waals surface area contributed by atoms with Crippen molar-refractivity contribution >= 4 is 33.2 Å². The average molecular weight is 360 g/mol. The Morgan fingerprint density at radius 1 is 1.30 bits per heavy atom. The van der Waals surface area contributed by atoms with Crippen molar-refractivity contribution in [2.24, 2.45) is 0 Å². The number of rotatable bonds is 6. The minimum Gasteiger partial charge on any atom is -0.480 e. The number of thiophene rings is 1. The van der Waals surface area contributed by atoms with Crippen LogP contribution < -0.4 is 5.32 Å². The van der Waals surface area contributed by atoms with E-state index in [1.807, 2.05) is 0 Å². The summed E-state index contributed by atoms with van der Waals surface area (Å²) in [6.45, 7) is 2.44. The third kappa shape index (κ3) is 4.52. The van der Waals surface area contributed by atoms with Crippen molar-refractivity contribution in [3.05, 3.63) is 17.0 Å². The molecule has 1 aliphatic rings. The molecular weight excluding hydrogens is 340 g/mol. The Morgan fingerprint density at radius 2 is 1.96 bits per heavy atom. The van der Waals surface area contributed by atoms with E-state index in [1.165, 1.54) is 17.3 Å². The van der Waals surface area contributed by atoms with Gasteiger partial charge in [0.05, 0.1) is 6.42 Å². The normalized spacial score (nSPS) is 17.6. The Balaban J connectivity index is 2.02. The summed E-state index contributed by atoms with van der Waals surface area (Å²) in [5.41, 5.74) is 0. The number of nitrogens with zero attached hydrogens (tertiary/aromatic N) is 1. The Kier molecular flexibility index (Phi) is 5.77. The fourth-order valence-corrected chi connectivity index (χ4v) is 5.36. The summed E-state index contributed by atoms with van der Waals surface area (Å²) in [4.78, 5) is 23.1. The highest BCUT2D eigenvalue weighted by atomic mass is 32.2. The van der Waals surface area contributed by atoms with Crippen molar-refractivity contribution in [2.45, 2.75) is 42.9 Å². The Hall–Kier alpha value is -1.45. The third-order valence-corrected chi connectivity index (χ3v) is 7.08. The molecule has 23 heavy (non-hydrogen) atoms. The number of carboxylic acids is 1. The summed E-state index contributed by atoms with van der Waals surface area (Å²) in [6.07, 6.45) is 2.75. The predicted octanol–water partition coefficient (Wildman–Crippen LogP) is 1.05. The van der Waals surface area contributed by atoms with E-state index in [0.29, 0.717) is 18.0 Å². The van der Waals surface area contributed by atoms with Crippen LogP contribution in [0.5, 0.6) is 0 Å². The maximum absolute atomic E-state index is 12.5. The van der Waals surface area contributed by atoms with E-state index in [2.05, 4.69) is 5.32 Å². The molecule has 0 aliphatic carbocycles. The predicted molar refractivity (Wildman–Crippen MR) is 85.9 cm³/mol. The van der Waals surface area contributed by atoms with E-state index in [0.717, 1.165) is 30.6 Å². The van der Waals surface area contributed by atoms with Crippen LogP contribution in [0.25, 0.3) is 0 Å². The molecule has 0 radical (unpaired) electrons. The second-order valence-electron chi connectivity index (χ2n) is 5.49. The third-order valence-electron chi connectivity index (χ3n) is 3.63. The van der Waals surface area contributed by atoms with E-state index in [1.54, 1.807) is 6.07 Å². The van der Waals surface area contributed by atoms with Crippen molar-refractivity contribution in [2.75, 3.05) is 13.1 Å². The number of amides is 1. The second kappa shape index (κ2) is 7.41. The maximum atomic E-state index is 12.5. The highest BCUT2D eigenvalue weighted by Gasteiger charge is 2.27. The largest absolute Gasteiger partial charge is 0.480 e. The van der Waals surface area contributed by atoms with Crippen LogP contribution in [0.15, 0.2) is 16.3 Å².